The minimum Gasteiger partial charge on any atom is -0.478 e. The first kappa shape index (κ1) is 24.2. The van der Waals surface area contributed by atoms with Crippen molar-refractivity contribution in [1.29, 1.82) is 0 Å². The van der Waals surface area contributed by atoms with E-state index in [0.29, 0.717) is 21.6 Å². The van der Waals surface area contributed by atoms with Gasteiger partial charge in [-0.15, -0.1) is 10.2 Å². The Labute approximate surface area is 210 Å². The third-order valence-electron chi connectivity index (χ3n) is 4.94. The Hall–Kier alpha value is -3.95. The molecule has 0 saturated carbocycles. The van der Waals surface area contributed by atoms with Crippen LogP contribution in [0.4, 0.5) is 0 Å². The second-order valence-electron chi connectivity index (χ2n) is 7.46. The number of carboxylic acid groups (broad SMARTS) is 1. The number of aromatic carboxylic acids is 1. The molecule has 0 unspecified atom stereocenters. The highest BCUT2D eigenvalue weighted by Crippen LogP contribution is 2.28. The molecule has 0 atom stereocenters. The molecule has 1 aromatic heterocycles. The first-order chi connectivity index (χ1) is 16.9. The van der Waals surface area contributed by atoms with Gasteiger partial charge in [-0.25, -0.2) is 10.2 Å². The average molecular weight is 506 g/mol. The summed E-state index contributed by atoms with van der Waals surface area (Å²) >= 11 is 7.27. The number of hydrazone groups is 1. The SMILES string of the molecule is Cc1ccc(-c2nnc(SCC(=O)N/N=C\c3ccccc3C(=O)O)n2-c2ccc(Cl)cc2)cc1. The first-order valence-corrected chi connectivity index (χ1v) is 11.8. The van der Waals surface area contributed by atoms with E-state index in [1.807, 2.05) is 47.9 Å². The van der Waals surface area contributed by atoms with E-state index in [9.17, 15) is 14.7 Å². The first-order valence-electron chi connectivity index (χ1n) is 10.5. The van der Waals surface area contributed by atoms with Gasteiger partial charge in [-0.05, 0) is 37.3 Å². The summed E-state index contributed by atoms with van der Waals surface area (Å²) in [4.78, 5) is 23.7. The van der Waals surface area contributed by atoms with Gasteiger partial charge in [-0.3, -0.25) is 9.36 Å². The summed E-state index contributed by atoms with van der Waals surface area (Å²) in [7, 11) is 0. The molecule has 1 amide bonds. The number of aromatic nitrogens is 3. The molecule has 176 valence electrons. The third kappa shape index (κ3) is 5.95. The zero-order valence-corrected chi connectivity index (χ0v) is 20.1. The molecule has 0 spiro atoms. The molecule has 0 aliphatic rings. The van der Waals surface area contributed by atoms with Gasteiger partial charge < -0.3 is 5.11 Å². The molecular formula is C25H20ClN5O3S. The summed E-state index contributed by atoms with van der Waals surface area (Å²) in [5, 5.41) is 22.9. The van der Waals surface area contributed by atoms with E-state index < -0.39 is 5.97 Å². The Balaban J connectivity index is 1.51. The number of hydrogen-bond donors (Lipinski definition) is 2. The van der Waals surface area contributed by atoms with Crippen LogP contribution in [0.15, 0.2) is 83.1 Å². The Morgan fingerprint density at radius 3 is 2.49 bits per heavy atom. The molecule has 0 bridgehead atoms. The maximum atomic E-state index is 12.4. The summed E-state index contributed by atoms with van der Waals surface area (Å²) in [6.45, 7) is 2.01. The fourth-order valence-electron chi connectivity index (χ4n) is 3.22. The van der Waals surface area contributed by atoms with Gasteiger partial charge in [0.15, 0.2) is 11.0 Å². The van der Waals surface area contributed by atoms with E-state index in [1.54, 1.807) is 30.3 Å². The van der Waals surface area contributed by atoms with Crippen molar-refractivity contribution in [3.05, 3.63) is 94.5 Å². The molecule has 0 aliphatic heterocycles. The van der Waals surface area contributed by atoms with Crippen molar-refractivity contribution >= 4 is 41.5 Å². The number of nitrogens with zero attached hydrogens (tertiary/aromatic N) is 4. The molecule has 10 heteroatoms. The lowest BCUT2D eigenvalue weighted by atomic mass is 10.1. The molecule has 0 radical (unpaired) electrons. The van der Waals surface area contributed by atoms with E-state index in [1.165, 1.54) is 24.0 Å². The molecule has 4 rings (SSSR count). The summed E-state index contributed by atoms with van der Waals surface area (Å²) in [6.07, 6.45) is 1.30. The molecule has 0 fully saturated rings. The fraction of sp³-hybridized carbons (Fsp3) is 0.0800. The third-order valence-corrected chi connectivity index (χ3v) is 6.13. The zero-order valence-electron chi connectivity index (χ0n) is 18.6. The van der Waals surface area contributed by atoms with Crippen LogP contribution in [0.2, 0.25) is 5.02 Å². The number of carbonyl (C=O) groups is 2. The van der Waals surface area contributed by atoms with Gasteiger partial charge >= 0.3 is 5.97 Å². The minimum atomic E-state index is -1.07. The monoisotopic (exact) mass is 505 g/mol. The molecular weight excluding hydrogens is 486 g/mol. The molecule has 0 saturated heterocycles. The van der Waals surface area contributed by atoms with Gasteiger partial charge in [0, 0.05) is 21.8 Å². The maximum Gasteiger partial charge on any atom is 0.336 e. The lowest BCUT2D eigenvalue weighted by molar-refractivity contribution is -0.118. The fourth-order valence-corrected chi connectivity index (χ4v) is 4.09. The molecule has 4 aromatic rings. The Bertz CT molecular complexity index is 1390. The Morgan fingerprint density at radius 1 is 1.06 bits per heavy atom. The smallest absolute Gasteiger partial charge is 0.336 e. The number of amides is 1. The molecule has 35 heavy (non-hydrogen) atoms. The maximum absolute atomic E-state index is 12.4. The predicted octanol–water partition coefficient (Wildman–Crippen LogP) is 4.84. The quantitative estimate of drug-likeness (QED) is 0.201. The standard InChI is InChI=1S/C25H20ClN5O3S/c1-16-6-8-17(9-7-16)23-29-30-25(31(23)20-12-10-19(26)11-13-20)35-15-22(32)28-27-14-18-4-2-3-5-21(18)24(33)34/h2-14H,15H2,1H3,(H,28,32)(H,33,34)/b27-14-. The topological polar surface area (TPSA) is 109 Å². The van der Waals surface area contributed by atoms with Gasteiger partial charge in [-0.1, -0.05) is 71.4 Å². The van der Waals surface area contributed by atoms with E-state index in [2.05, 4.69) is 20.7 Å². The number of carbonyl (C=O) groups excluding carboxylic acids is 1. The molecule has 2 N–H and O–H groups in total. The van der Waals surface area contributed by atoms with Crippen molar-refractivity contribution in [2.24, 2.45) is 5.10 Å². The van der Waals surface area contributed by atoms with Gasteiger partial charge in [0.1, 0.15) is 0 Å². The van der Waals surface area contributed by atoms with Crippen molar-refractivity contribution in [2.75, 3.05) is 5.75 Å². The number of thioether (sulfide) groups is 1. The second-order valence-corrected chi connectivity index (χ2v) is 8.84. The van der Waals surface area contributed by atoms with Crippen LogP contribution in [0, 0.1) is 6.92 Å². The number of benzene rings is 3. The lowest BCUT2D eigenvalue weighted by Crippen LogP contribution is -2.20. The minimum absolute atomic E-state index is 0.0253. The summed E-state index contributed by atoms with van der Waals surface area (Å²) < 4.78 is 1.87. The van der Waals surface area contributed by atoms with Crippen molar-refractivity contribution in [1.82, 2.24) is 20.2 Å². The Kier molecular flexibility index (Phi) is 7.59. The Morgan fingerprint density at radius 2 is 1.77 bits per heavy atom. The van der Waals surface area contributed by atoms with Crippen molar-refractivity contribution < 1.29 is 14.7 Å². The zero-order chi connectivity index (χ0) is 24.8. The van der Waals surface area contributed by atoms with Crippen LogP contribution in [-0.4, -0.2) is 43.7 Å². The van der Waals surface area contributed by atoms with E-state index in [-0.39, 0.29) is 17.2 Å². The van der Waals surface area contributed by atoms with Crippen molar-refractivity contribution in [3.8, 4) is 17.1 Å². The molecule has 1 heterocycles. The molecule has 8 nitrogen and oxygen atoms in total. The van der Waals surface area contributed by atoms with Crippen LogP contribution < -0.4 is 5.43 Å². The van der Waals surface area contributed by atoms with Gasteiger partial charge in [-0.2, -0.15) is 5.10 Å². The van der Waals surface area contributed by atoms with E-state index >= 15 is 0 Å². The van der Waals surface area contributed by atoms with Crippen LogP contribution in [0.3, 0.4) is 0 Å². The number of aryl methyl sites for hydroxylation is 1. The van der Waals surface area contributed by atoms with Gasteiger partial charge in [0.2, 0.25) is 0 Å². The average Bonchev–Trinajstić information content (AvgIpc) is 3.28. The highest BCUT2D eigenvalue weighted by atomic mass is 35.5. The van der Waals surface area contributed by atoms with E-state index in [4.69, 9.17) is 11.6 Å². The number of halogens is 1. The van der Waals surface area contributed by atoms with E-state index in [0.717, 1.165) is 16.8 Å². The molecule has 0 aliphatic carbocycles. The van der Waals surface area contributed by atoms with Crippen LogP contribution in [0.1, 0.15) is 21.5 Å². The number of hydrogen-bond acceptors (Lipinski definition) is 6. The van der Waals surface area contributed by atoms with Gasteiger partial charge in [0.05, 0.1) is 17.5 Å². The van der Waals surface area contributed by atoms with Crippen LogP contribution in [-0.2, 0) is 4.79 Å². The number of carboxylic acids is 1. The number of nitrogens with one attached hydrogen (secondary N) is 1. The van der Waals surface area contributed by atoms with Crippen molar-refractivity contribution in [2.45, 2.75) is 12.1 Å². The summed E-state index contributed by atoms with van der Waals surface area (Å²) in [5.74, 6) is -0.780. The summed E-state index contributed by atoms with van der Waals surface area (Å²) in [5.41, 5.74) is 5.73. The van der Waals surface area contributed by atoms with Crippen LogP contribution in [0.5, 0.6) is 0 Å². The largest absolute Gasteiger partial charge is 0.478 e. The van der Waals surface area contributed by atoms with Crippen molar-refractivity contribution in [3.63, 3.8) is 0 Å². The number of rotatable bonds is 8. The lowest BCUT2D eigenvalue weighted by Gasteiger charge is -2.10. The van der Waals surface area contributed by atoms with Crippen LogP contribution in [0.25, 0.3) is 17.1 Å². The highest BCUT2D eigenvalue weighted by Gasteiger charge is 2.17. The van der Waals surface area contributed by atoms with Gasteiger partial charge in [0.25, 0.3) is 5.91 Å². The van der Waals surface area contributed by atoms with Crippen LogP contribution >= 0.6 is 23.4 Å². The second kappa shape index (κ2) is 11.0. The molecule has 3 aromatic carbocycles. The summed E-state index contributed by atoms with van der Waals surface area (Å²) in [6, 6.07) is 21.6. The highest BCUT2D eigenvalue weighted by molar-refractivity contribution is 7.99. The normalized spacial score (nSPS) is 11.0. The predicted molar refractivity (Wildman–Crippen MR) is 136 cm³/mol.